The lowest BCUT2D eigenvalue weighted by atomic mass is 9.92. The van der Waals surface area contributed by atoms with Crippen molar-refractivity contribution in [3.63, 3.8) is 0 Å². The third-order valence-corrected chi connectivity index (χ3v) is 8.31. The van der Waals surface area contributed by atoms with Gasteiger partial charge in [-0.1, -0.05) is 70.9 Å². The van der Waals surface area contributed by atoms with Gasteiger partial charge in [0.2, 0.25) is 0 Å². The second-order valence-corrected chi connectivity index (χ2v) is 12.6. The van der Waals surface area contributed by atoms with Crippen molar-refractivity contribution < 1.29 is 41.3 Å². The minimum Gasteiger partial charge on any atom is -0.493 e. The number of nitrogens with one attached hydrogen (secondary N) is 1. The highest BCUT2D eigenvalue weighted by Crippen LogP contribution is 2.30. The second kappa shape index (κ2) is 16.2. The van der Waals surface area contributed by atoms with E-state index in [0.29, 0.717) is 48.5 Å². The summed E-state index contributed by atoms with van der Waals surface area (Å²) in [5, 5.41) is 23.8. The molecule has 0 aromatic rings. The Morgan fingerprint density at radius 1 is 1.18 bits per heavy atom. The predicted molar refractivity (Wildman–Crippen MR) is 151 cm³/mol. The molecule has 0 spiro atoms. The van der Waals surface area contributed by atoms with E-state index >= 15 is 0 Å². The summed E-state index contributed by atoms with van der Waals surface area (Å²) in [4.78, 5) is 11.2. The van der Waals surface area contributed by atoms with Crippen LogP contribution in [0.3, 0.4) is 0 Å². The molecule has 3 unspecified atom stereocenters. The first-order valence-electron chi connectivity index (χ1n) is 13.6. The van der Waals surface area contributed by atoms with Gasteiger partial charge in [-0.3, -0.25) is 10.1 Å². The van der Waals surface area contributed by atoms with Crippen molar-refractivity contribution in [1.82, 2.24) is 5.32 Å². The number of halogens is 3. The van der Waals surface area contributed by atoms with Crippen molar-refractivity contribution in [1.29, 1.82) is 0 Å². The van der Waals surface area contributed by atoms with E-state index in [9.17, 15) is 36.6 Å². The van der Waals surface area contributed by atoms with Crippen LogP contribution in [0.1, 0.15) is 80.1 Å². The number of hydrogen-bond acceptors (Lipinski definition) is 6. The molecule has 1 rings (SSSR count). The van der Waals surface area contributed by atoms with Gasteiger partial charge in [-0.05, 0) is 56.1 Å². The highest BCUT2D eigenvalue weighted by Gasteiger charge is 2.46. The van der Waals surface area contributed by atoms with Gasteiger partial charge in [-0.15, -0.1) is 0 Å². The van der Waals surface area contributed by atoms with Gasteiger partial charge in [0.1, 0.15) is 24.6 Å². The number of sulfone groups is 1. The molecule has 3 N–H and O–H groups in total. The first-order chi connectivity index (χ1) is 18.5. The average Bonchev–Trinajstić information content (AvgIpc) is 3.06. The van der Waals surface area contributed by atoms with Crippen molar-refractivity contribution >= 4 is 15.8 Å². The third-order valence-electron chi connectivity index (χ3n) is 6.71. The van der Waals surface area contributed by atoms with E-state index in [-0.39, 0.29) is 12.5 Å². The highest BCUT2D eigenvalue weighted by molar-refractivity contribution is 7.96. The molecular formula is C29H44F3NO6S. The maximum absolute atomic E-state index is 12.8. The minimum atomic E-state index is -5.43. The Kier molecular flexibility index (Phi) is 14.4. The summed E-state index contributed by atoms with van der Waals surface area (Å²) in [5.41, 5.74) is -3.46. The van der Waals surface area contributed by atoms with Crippen LogP contribution in [0.4, 0.5) is 13.2 Å². The molecule has 228 valence electrons. The highest BCUT2D eigenvalue weighted by atomic mass is 32.2. The number of carboxylic acids is 1. The molecule has 0 aromatic heterocycles. The summed E-state index contributed by atoms with van der Waals surface area (Å²) in [6.07, 6.45) is 10.1. The summed E-state index contributed by atoms with van der Waals surface area (Å²) in [5.74, 6) is -0.515. The molecule has 7 nitrogen and oxygen atoms in total. The fourth-order valence-corrected chi connectivity index (χ4v) is 4.70. The Morgan fingerprint density at radius 3 is 2.35 bits per heavy atom. The van der Waals surface area contributed by atoms with Crippen LogP contribution in [0.2, 0.25) is 0 Å². The van der Waals surface area contributed by atoms with Gasteiger partial charge in [0.25, 0.3) is 9.84 Å². The van der Waals surface area contributed by atoms with Gasteiger partial charge < -0.3 is 14.9 Å². The van der Waals surface area contributed by atoms with Crippen molar-refractivity contribution in [3.05, 3.63) is 57.8 Å². The summed E-state index contributed by atoms with van der Waals surface area (Å²) in [7, 11) is -5.43. The van der Waals surface area contributed by atoms with E-state index in [4.69, 9.17) is 4.74 Å². The summed E-state index contributed by atoms with van der Waals surface area (Å²) in [6, 6.07) is -1.00. The Morgan fingerprint density at radius 2 is 1.82 bits per heavy atom. The number of allylic oxidation sites excluding steroid dienone is 6. The number of rotatable bonds is 15. The van der Waals surface area contributed by atoms with Crippen molar-refractivity contribution in [2.75, 3.05) is 6.61 Å². The van der Waals surface area contributed by atoms with Gasteiger partial charge in [-0.2, -0.15) is 13.2 Å². The van der Waals surface area contributed by atoms with Gasteiger partial charge in [0, 0.05) is 12.0 Å². The molecule has 3 atom stereocenters. The molecule has 0 saturated heterocycles. The molecule has 0 radical (unpaired) electrons. The fourth-order valence-electron chi connectivity index (χ4n) is 4.09. The second-order valence-electron chi connectivity index (χ2n) is 10.5. The van der Waals surface area contributed by atoms with Crippen molar-refractivity contribution in [2.24, 2.45) is 11.8 Å². The van der Waals surface area contributed by atoms with Crippen LogP contribution in [0, 0.1) is 11.8 Å². The molecule has 0 saturated carbocycles. The number of aliphatic carboxylic acids is 1. The Hall–Kier alpha value is -2.37. The van der Waals surface area contributed by atoms with Crippen LogP contribution in [0.5, 0.6) is 0 Å². The smallest absolute Gasteiger partial charge is 0.493 e. The fraction of sp³-hybridized carbons (Fsp3) is 0.621. The van der Waals surface area contributed by atoms with Crippen LogP contribution in [-0.2, 0) is 19.4 Å². The van der Waals surface area contributed by atoms with Gasteiger partial charge in [0.15, 0.2) is 0 Å². The Balaban J connectivity index is 3.30. The summed E-state index contributed by atoms with van der Waals surface area (Å²) < 4.78 is 67.8. The van der Waals surface area contributed by atoms with E-state index in [0.717, 1.165) is 31.4 Å². The third kappa shape index (κ3) is 10.9. The number of carboxylic acid groups (broad SMARTS) is 1. The SMILES string of the molecule is CC/C=C1/CC=CC(C(O)NC(C(=O)O)C(C)CCC(C)C)=C(OC/C(=C/C=C(\C)S(=O)(=O)C(F)(F)F)CC)C1. The van der Waals surface area contributed by atoms with E-state index in [1.165, 1.54) is 6.08 Å². The van der Waals surface area contributed by atoms with Crippen molar-refractivity contribution in [3.8, 4) is 0 Å². The molecular weight excluding hydrogens is 547 g/mol. The summed E-state index contributed by atoms with van der Waals surface area (Å²) in [6.45, 7) is 10.5. The number of ether oxygens (including phenoxy) is 1. The van der Waals surface area contributed by atoms with E-state index in [1.54, 1.807) is 13.0 Å². The Labute approximate surface area is 236 Å². The molecule has 0 aromatic carbocycles. The zero-order valence-electron chi connectivity index (χ0n) is 24.2. The van der Waals surface area contributed by atoms with Crippen LogP contribution in [0.15, 0.2) is 57.8 Å². The topological polar surface area (TPSA) is 113 Å². The molecule has 0 heterocycles. The maximum atomic E-state index is 12.8. The lowest BCUT2D eigenvalue weighted by Gasteiger charge is -2.26. The zero-order valence-corrected chi connectivity index (χ0v) is 25.0. The summed E-state index contributed by atoms with van der Waals surface area (Å²) >= 11 is 0. The molecule has 0 aliphatic heterocycles. The average molecular weight is 592 g/mol. The molecule has 11 heteroatoms. The van der Waals surface area contributed by atoms with E-state index in [2.05, 4.69) is 19.2 Å². The largest absolute Gasteiger partial charge is 0.501 e. The number of alkyl halides is 3. The molecule has 0 bridgehead atoms. The minimum absolute atomic E-state index is 0.0572. The van der Waals surface area contributed by atoms with Crippen LogP contribution >= 0.6 is 0 Å². The standard InChI is InChI=1S/C29H44F3NO6S/c1-7-10-23-11-9-12-24(27(34)33-26(28(35)36)20(5)14-13-19(3)4)25(17-23)39-18-22(8-2)16-15-21(6)40(37,38)29(30,31)32/h9-10,12,15-16,19-20,26-27,33-34H,7-8,11,13-14,17-18H2,1-6H3,(H,35,36)/b21-15+,22-16+,23-10-. The number of aliphatic hydroxyl groups is 1. The molecule has 1 aliphatic rings. The monoisotopic (exact) mass is 591 g/mol. The first-order valence-corrected chi connectivity index (χ1v) is 15.1. The normalized spacial score (nSPS) is 19.1. The maximum Gasteiger partial charge on any atom is 0.501 e. The van der Waals surface area contributed by atoms with Gasteiger partial charge >= 0.3 is 11.5 Å². The first kappa shape index (κ1) is 35.7. The van der Waals surface area contributed by atoms with Crippen LogP contribution in [0.25, 0.3) is 0 Å². The van der Waals surface area contributed by atoms with Gasteiger partial charge in [-0.25, -0.2) is 8.42 Å². The number of hydrogen-bond donors (Lipinski definition) is 3. The Bertz CT molecular complexity index is 1120. The molecule has 40 heavy (non-hydrogen) atoms. The van der Waals surface area contributed by atoms with E-state index < -0.39 is 38.5 Å². The van der Waals surface area contributed by atoms with Gasteiger partial charge in [0.05, 0.1) is 4.91 Å². The van der Waals surface area contributed by atoms with E-state index in [1.807, 2.05) is 26.0 Å². The quantitative estimate of drug-likeness (QED) is 0.112. The van der Waals surface area contributed by atoms with Crippen LogP contribution < -0.4 is 5.32 Å². The molecule has 0 fully saturated rings. The molecule has 1 aliphatic carbocycles. The number of carbonyl (C=O) groups is 1. The van der Waals surface area contributed by atoms with Crippen LogP contribution in [-0.4, -0.2) is 49.0 Å². The lowest BCUT2D eigenvalue weighted by Crippen LogP contribution is -2.48. The lowest BCUT2D eigenvalue weighted by molar-refractivity contribution is -0.141. The molecule has 0 amide bonds. The van der Waals surface area contributed by atoms with Crippen molar-refractivity contribution in [2.45, 2.75) is 97.8 Å². The predicted octanol–water partition coefficient (Wildman–Crippen LogP) is 6.55. The number of aliphatic hydroxyl groups excluding tert-OH is 1. The zero-order chi connectivity index (χ0) is 30.7.